The molecule has 0 saturated heterocycles. The van der Waals surface area contributed by atoms with Crippen LogP contribution in [0.2, 0.25) is 0 Å². The fraction of sp³-hybridized carbons (Fsp3) is 0.111. The summed E-state index contributed by atoms with van der Waals surface area (Å²) in [6, 6.07) is 15.8. The molecule has 0 radical (unpaired) electrons. The number of benzene rings is 2. The zero-order valence-electron chi connectivity index (χ0n) is 15.3. The van der Waals surface area contributed by atoms with Crippen LogP contribution in [0.5, 0.6) is 0 Å². The van der Waals surface area contributed by atoms with E-state index < -0.39 is 0 Å². The Hall–Kier alpha value is -2.83. The lowest BCUT2D eigenvalue weighted by atomic mass is 10.2. The summed E-state index contributed by atoms with van der Waals surface area (Å²) in [6.45, 7) is 0. The van der Waals surface area contributed by atoms with E-state index in [2.05, 4.69) is 31.0 Å². The molecule has 0 atom stereocenters. The predicted octanol–water partition coefficient (Wildman–Crippen LogP) is 3.68. The standard InChI is InChI=1S/C18H14FN7OS3/c19-13-8-6-12(7-9-13)10-29-18-23-21-16(30-18)20-15(27)11-28-17-22-24-25-26(17)14-4-2-1-3-5-14/h1-9H,10-11H2,(H,20,21,27). The molecular weight excluding hydrogens is 445 g/mol. The first-order chi connectivity index (χ1) is 14.7. The largest absolute Gasteiger partial charge is 0.300 e. The molecule has 8 nitrogen and oxygen atoms in total. The molecule has 12 heteroatoms. The van der Waals surface area contributed by atoms with E-state index in [1.54, 1.807) is 16.8 Å². The average Bonchev–Trinajstić information content (AvgIpc) is 3.42. The number of para-hydroxylation sites is 1. The Morgan fingerprint density at radius 2 is 1.83 bits per heavy atom. The first-order valence-electron chi connectivity index (χ1n) is 8.64. The second-order valence-corrected chi connectivity index (χ2v) is 8.98. The van der Waals surface area contributed by atoms with Gasteiger partial charge in [0.25, 0.3) is 0 Å². The summed E-state index contributed by atoms with van der Waals surface area (Å²) in [7, 11) is 0. The van der Waals surface area contributed by atoms with Crippen molar-refractivity contribution >= 4 is 45.9 Å². The van der Waals surface area contributed by atoms with E-state index in [4.69, 9.17) is 0 Å². The van der Waals surface area contributed by atoms with Crippen LogP contribution in [0, 0.1) is 5.82 Å². The lowest BCUT2D eigenvalue weighted by Gasteiger charge is -2.03. The molecule has 4 rings (SSSR count). The molecule has 0 fully saturated rings. The maximum atomic E-state index is 13.0. The molecule has 0 saturated carbocycles. The Morgan fingerprint density at radius 3 is 2.63 bits per heavy atom. The normalized spacial score (nSPS) is 10.8. The number of aromatic nitrogens is 6. The van der Waals surface area contributed by atoms with Gasteiger partial charge in [0.2, 0.25) is 16.2 Å². The summed E-state index contributed by atoms with van der Waals surface area (Å²) in [5, 5.41) is 23.3. The Balaban J connectivity index is 1.28. The van der Waals surface area contributed by atoms with E-state index in [1.165, 1.54) is 47.0 Å². The minimum absolute atomic E-state index is 0.130. The summed E-state index contributed by atoms with van der Waals surface area (Å²) in [5.74, 6) is 0.278. The van der Waals surface area contributed by atoms with Crippen molar-refractivity contribution in [2.75, 3.05) is 11.1 Å². The van der Waals surface area contributed by atoms with E-state index >= 15 is 0 Å². The second-order valence-electron chi connectivity index (χ2n) is 5.83. The molecule has 30 heavy (non-hydrogen) atoms. The zero-order valence-corrected chi connectivity index (χ0v) is 17.8. The number of rotatable bonds is 8. The molecule has 0 spiro atoms. The van der Waals surface area contributed by atoms with Crippen molar-refractivity contribution in [2.45, 2.75) is 15.2 Å². The van der Waals surface area contributed by atoms with Gasteiger partial charge in [-0.2, -0.15) is 4.68 Å². The molecule has 1 amide bonds. The first kappa shape index (κ1) is 20.4. The quantitative estimate of drug-likeness (QED) is 0.315. The number of carbonyl (C=O) groups excluding carboxylic acids is 1. The maximum Gasteiger partial charge on any atom is 0.236 e. The van der Waals surface area contributed by atoms with Gasteiger partial charge in [0.15, 0.2) is 4.34 Å². The summed E-state index contributed by atoms with van der Waals surface area (Å²) in [6.07, 6.45) is 0. The van der Waals surface area contributed by atoms with Crippen LogP contribution in [-0.4, -0.2) is 42.1 Å². The van der Waals surface area contributed by atoms with Crippen LogP contribution in [0.4, 0.5) is 9.52 Å². The summed E-state index contributed by atoms with van der Waals surface area (Å²) in [5.41, 5.74) is 1.80. The van der Waals surface area contributed by atoms with Crippen LogP contribution in [-0.2, 0) is 10.5 Å². The molecule has 0 bridgehead atoms. The molecule has 2 aromatic heterocycles. The van der Waals surface area contributed by atoms with E-state index in [0.717, 1.165) is 15.6 Å². The van der Waals surface area contributed by atoms with Gasteiger partial charge in [-0.3, -0.25) is 10.1 Å². The van der Waals surface area contributed by atoms with Gasteiger partial charge in [-0.25, -0.2) is 4.39 Å². The number of carbonyl (C=O) groups is 1. The van der Waals surface area contributed by atoms with Gasteiger partial charge in [0, 0.05) is 5.75 Å². The summed E-state index contributed by atoms with van der Waals surface area (Å²) in [4.78, 5) is 12.3. The van der Waals surface area contributed by atoms with E-state index in [-0.39, 0.29) is 17.5 Å². The van der Waals surface area contributed by atoms with Crippen molar-refractivity contribution in [1.29, 1.82) is 0 Å². The Bertz CT molecular complexity index is 1120. The lowest BCUT2D eigenvalue weighted by molar-refractivity contribution is -0.113. The Morgan fingerprint density at radius 1 is 1.03 bits per heavy atom. The molecule has 152 valence electrons. The molecular formula is C18H14FN7OS3. The highest BCUT2D eigenvalue weighted by molar-refractivity contribution is 8.00. The van der Waals surface area contributed by atoms with Crippen LogP contribution in [0.1, 0.15) is 5.56 Å². The number of hydrogen-bond donors (Lipinski definition) is 1. The Kier molecular flexibility index (Phi) is 6.67. The smallest absolute Gasteiger partial charge is 0.236 e. The Labute approximate surface area is 183 Å². The highest BCUT2D eigenvalue weighted by Crippen LogP contribution is 2.28. The monoisotopic (exact) mass is 459 g/mol. The molecule has 2 aromatic carbocycles. The highest BCUT2D eigenvalue weighted by atomic mass is 32.2. The SMILES string of the molecule is O=C(CSc1nnnn1-c1ccccc1)Nc1nnc(SCc2ccc(F)cc2)s1. The van der Waals surface area contributed by atoms with Crippen molar-refractivity contribution in [3.05, 3.63) is 66.0 Å². The molecule has 0 aliphatic carbocycles. The molecule has 0 aliphatic rings. The lowest BCUT2D eigenvalue weighted by Crippen LogP contribution is -2.14. The van der Waals surface area contributed by atoms with Gasteiger partial charge in [-0.15, -0.1) is 15.3 Å². The number of nitrogens with zero attached hydrogens (tertiary/aromatic N) is 6. The minimum atomic E-state index is -0.264. The maximum absolute atomic E-state index is 13.0. The van der Waals surface area contributed by atoms with Crippen LogP contribution in [0.25, 0.3) is 5.69 Å². The van der Waals surface area contributed by atoms with E-state index in [1.807, 2.05) is 30.3 Å². The second kappa shape index (κ2) is 9.78. The minimum Gasteiger partial charge on any atom is -0.300 e. The summed E-state index contributed by atoms with van der Waals surface area (Å²) < 4.78 is 15.2. The van der Waals surface area contributed by atoms with Crippen LogP contribution >= 0.6 is 34.9 Å². The molecule has 2 heterocycles. The van der Waals surface area contributed by atoms with Crippen LogP contribution < -0.4 is 5.32 Å². The van der Waals surface area contributed by atoms with E-state index in [9.17, 15) is 9.18 Å². The van der Waals surface area contributed by atoms with Crippen molar-refractivity contribution in [2.24, 2.45) is 0 Å². The van der Waals surface area contributed by atoms with Crippen molar-refractivity contribution in [1.82, 2.24) is 30.4 Å². The van der Waals surface area contributed by atoms with Gasteiger partial charge in [-0.1, -0.05) is 65.2 Å². The van der Waals surface area contributed by atoms with Crippen molar-refractivity contribution in [3.8, 4) is 5.69 Å². The zero-order chi connectivity index (χ0) is 20.8. The summed E-state index contributed by atoms with van der Waals surface area (Å²) >= 11 is 3.99. The number of anilines is 1. The van der Waals surface area contributed by atoms with Gasteiger partial charge in [0.1, 0.15) is 5.82 Å². The fourth-order valence-electron chi connectivity index (χ4n) is 2.33. The topological polar surface area (TPSA) is 98.5 Å². The van der Waals surface area contributed by atoms with E-state index in [0.29, 0.717) is 16.0 Å². The molecule has 4 aromatic rings. The first-order valence-corrected chi connectivity index (χ1v) is 11.4. The molecule has 1 N–H and O–H groups in total. The highest BCUT2D eigenvalue weighted by Gasteiger charge is 2.13. The average molecular weight is 460 g/mol. The van der Waals surface area contributed by atoms with Crippen LogP contribution in [0.15, 0.2) is 64.1 Å². The molecule has 0 aliphatic heterocycles. The molecule has 0 unspecified atom stereocenters. The number of thioether (sulfide) groups is 2. The van der Waals surface area contributed by atoms with Gasteiger partial charge in [-0.05, 0) is 40.3 Å². The predicted molar refractivity (Wildman–Crippen MR) is 114 cm³/mol. The third-order valence-corrected chi connectivity index (χ3v) is 6.66. The fourth-order valence-corrected chi connectivity index (χ4v) is 4.74. The van der Waals surface area contributed by atoms with Crippen molar-refractivity contribution < 1.29 is 9.18 Å². The van der Waals surface area contributed by atoms with Gasteiger partial charge in [0.05, 0.1) is 11.4 Å². The number of amides is 1. The third-order valence-electron chi connectivity index (χ3n) is 3.70. The van der Waals surface area contributed by atoms with Gasteiger partial charge >= 0.3 is 0 Å². The van der Waals surface area contributed by atoms with Gasteiger partial charge < -0.3 is 0 Å². The van der Waals surface area contributed by atoms with Crippen molar-refractivity contribution in [3.63, 3.8) is 0 Å². The van der Waals surface area contributed by atoms with Crippen LogP contribution in [0.3, 0.4) is 0 Å². The number of nitrogens with one attached hydrogen (secondary N) is 1. The third kappa shape index (κ3) is 5.40. The number of hydrogen-bond acceptors (Lipinski definition) is 9. The number of tetrazole rings is 1. The number of halogens is 1.